The van der Waals surface area contributed by atoms with Gasteiger partial charge in [0, 0.05) is 30.6 Å². The molecule has 0 aromatic carbocycles. The van der Waals surface area contributed by atoms with Gasteiger partial charge in [0.15, 0.2) is 0 Å². The zero-order chi connectivity index (χ0) is 11.0. The molecule has 15 heavy (non-hydrogen) atoms. The minimum absolute atomic E-state index is 0.554. The SMILES string of the molecule is Cc1cc(N)ncc1-c1cn(C)nc1C. The van der Waals surface area contributed by atoms with E-state index in [9.17, 15) is 0 Å². The van der Waals surface area contributed by atoms with Gasteiger partial charge in [0.25, 0.3) is 0 Å². The van der Waals surface area contributed by atoms with Gasteiger partial charge in [0.2, 0.25) is 0 Å². The Hall–Kier alpha value is -1.84. The third-order valence-electron chi connectivity index (χ3n) is 2.44. The fourth-order valence-electron chi connectivity index (χ4n) is 1.72. The van der Waals surface area contributed by atoms with Crippen molar-refractivity contribution in [3.05, 3.63) is 29.7 Å². The maximum atomic E-state index is 5.62. The van der Waals surface area contributed by atoms with Crippen LogP contribution in [0.15, 0.2) is 18.5 Å². The van der Waals surface area contributed by atoms with Crippen molar-refractivity contribution in [3.63, 3.8) is 0 Å². The summed E-state index contributed by atoms with van der Waals surface area (Å²) < 4.78 is 1.81. The van der Waals surface area contributed by atoms with Crippen LogP contribution in [0.2, 0.25) is 0 Å². The topological polar surface area (TPSA) is 56.7 Å². The molecule has 0 bridgehead atoms. The highest BCUT2D eigenvalue weighted by Gasteiger charge is 2.08. The number of hydrogen-bond acceptors (Lipinski definition) is 3. The summed E-state index contributed by atoms with van der Waals surface area (Å²) in [5, 5.41) is 4.31. The largest absolute Gasteiger partial charge is 0.384 e. The molecule has 0 saturated carbocycles. The van der Waals surface area contributed by atoms with Crippen molar-refractivity contribution in [2.45, 2.75) is 13.8 Å². The van der Waals surface area contributed by atoms with E-state index in [-0.39, 0.29) is 0 Å². The number of aromatic nitrogens is 3. The molecule has 0 fully saturated rings. The molecule has 0 saturated heterocycles. The summed E-state index contributed by atoms with van der Waals surface area (Å²) in [5.74, 6) is 0.554. The van der Waals surface area contributed by atoms with E-state index in [4.69, 9.17) is 5.73 Å². The summed E-state index contributed by atoms with van der Waals surface area (Å²) in [6.45, 7) is 4.02. The maximum absolute atomic E-state index is 5.62. The van der Waals surface area contributed by atoms with Gasteiger partial charge in [-0.1, -0.05) is 0 Å². The molecule has 2 aromatic rings. The van der Waals surface area contributed by atoms with Gasteiger partial charge in [-0.2, -0.15) is 5.10 Å². The first-order valence-electron chi connectivity index (χ1n) is 4.80. The number of nitrogens with zero attached hydrogens (tertiary/aromatic N) is 3. The Kier molecular flexibility index (Phi) is 2.19. The van der Waals surface area contributed by atoms with E-state index in [0.29, 0.717) is 5.82 Å². The molecule has 2 heterocycles. The molecule has 0 aliphatic rings. The standard InChI is InChI=1S/C11H14N4/c1-7-4-11(12)13-5-9(7)10-6-15(3)14-8(10)2/h4-6H,1-3H3,(H2,12,13). The van der Waals surface area contributed by atoms with Gasteiger partial charge in [0.1, 0.15) is 5.82 Å². The smallest absolute Gasteiger partial charge is 0.123 e. The Bertz CT molecular complexity index is 499. The average Bonchev–Trinajstić information content (AvgIpc) is 2.45. The van der Waals surface area contributed by atoms with Crippen LogP contribution >= 0.6 is 0 Å². The van der Waals surface area contributed by atoms with E-state index in [1.165, 1.54) is 0 Å². The van der Waals surface area contributed by atoms with Crippen molar-refractivity contribution in [1.82, 2.24) is 14.8 Å². The zero-order valence-electron chi connectivity index (χ0n) is 9.15. The van der Waals surface area contributed by atoms with Gasteiger partial charge in [-0.15, -0.1) is 0 Å². The Morgan fingerprint density at radius 1 is 1.27 bits per heavy atom. The summed E-state index contributed by atoms with van der Waals surface area (Å²) in [7, 11) is 1.91. The van der Waals surface area contributed by atoms with Gasteiger partial charge in [-0.05, 0) is 25.5 Å². The molecule has 0 unspecified atom stereocenters. The van der Waals surface area contributed by atoms with Crippen LogP contribution in [-0.4, -0.2) is 14.8 Å². The van der Waals surface area contributed by atoms with E-state index < -0.39 is 0 Å². The van der Waals surface area contributed by atoms with Crippen molar-refractivity contribution < 1.29 is 0 Å². The van der Waals surface area contributed by atoms with Crippen molar-refractivity contribution in [2.24, 2.45) is 7.05 Å². The molecule has 4 heteroatoms. The lowest BCUT2D eigenvalue weighted by Crippen LogP contribution is -1.92. The number of hydrogen-bond donors (Lipinski definition) is 1. The van der Waals surface area contributed by atoms with Crippen LogP contribution in [0.5, 0.6) is 0 Å². The molecule has 2 N–H and O–H groups in total. The van der Waals surface area contributed by atoms with Crippen LogP contribution in [0, 0.1) is 13.8 Å². The van der Waals surface area contributed by atoms with Crippen molar-refractivity contribution in [1.29, 1.82) is 0 Å². The molecular formula is C11H14N4. The van der Waals surface area contributed by atoms with E-state index in [0.717, 1.165) is 22.4 Å². The lowest BCUT2D eigenvalue weighted by molar-refractivity contribution is 0.756. The molecule has 0 spiro atoms. The van der Waals surface area contributed by atoms with E-state index >= 15 is 0 Å². The molecule has 78 valence electrons. The van der Waals surface area contributed by atoms with E-state index in [2.05, 4.69) is 10.1 Å². The number of aryl methyl sites for hydroxylation is 3. The van der Waals surface area contributed by atoms with Crippen molar-refractivity contribution >= 4 is 5.82 Å². The molecule has 2 aromatic heterocycles. The fraction of sp³-hybridized carbons (Fsp3) is 0.273. The summed E-state index contributed by atoms with van der Waals surface area (Å²) in [6, 6.07) is 1.88. The molecule has 4 nitrogen and oxygen atoms in total. The molecule has 0 radical (unpaired) electrons. The highest BCUT2D eigenvalue weighted by molar-refractivity contribution is 5.68. The molecule has 2 rings (SSSR count). The van der Waals surface area contributed by atoms with E-state index in [1.54, 1.807) is 10.9 Å². The number of nitrogens with two attached hydrogens (primary N) is 1. The third kappa shape index (κ3) is 1.70. The summed E-state index contributed by atoms with van der Waals surface area (Å²) in [5.41, 5.74) is 9.95. The van der Waals surface area contributed by atoms with Crippen molar-refractivity contribution in [3.8, 4) is 11.1 Å². The summed E-state index contributed by atoms with van der Waals surface area (Å²) in [6.07, 6.45) is 3.80. The molecule has 0 aliphatic heterocycles. The number of pyridine rings is 1. The minimum atomic E-state index is 0.554. The maximum Gasteiger partial charge on any atom is 0.123 e. The first-order chi connectivity index (χ1) is 7.08. The second-order valence-corrected chi connectivity index (χ2v) is 3.73. The molecular weight excluding hydrogens is 188 g/mol. The van der Waals surface area contributed by atoms with Gasteiger partial charge in [-0.3, -0.25) is 4.68 Å². The highest BCUT2D eigenvalue weighted by atomic mass is 15.2. The lowest BCUT2D eigenvalue weighted by Gasteiger charge is -2.04. The molecule has 0 aliphatic carbocycles. The third-order valence-corrected chi connectivity index (χ3v) is 2.44. The molecule has 0 amide bonds. The van der Waals surface area contributed by atoms with Crippen LogP contribution in [0.4, 0.5) is 5.82 Å². The lowest BCUT2D eigenvalue weighted by atomic mass is 10.0. The van der Waals surface area contributed by atoms with Gasteiger partial charge >= 0.3 is 0 Å². The van der Waals surface area contributed by atoms with Crippen LogP contribution in [-0.2, 0) is 7.05 Å². The fourth-order valence-corrected chi connectivity index (χ4v) is 1.72. The highest BCUT2D eigenvalue weighted by Crippen LogP contribution is 2.25. The Morgan fingerprint density at radius 2 is 2.00 bits per heavy atom. The van der Waals surface area contributed by atoms with Crippen LogP contribution < -0.4 is 5.73 Å². The number of nitrogen functional groups attached to an aromatic ring is 1. The first-order valence-corrected chi connectivity index (χ1v) is 4.80. The second kappa shape index (κ2) is 3.38. The quantitative estimate of drug-likeness (QED) is 0.765. The summed E-state index contributed by atoms with van der Waals surface area (Å²) in [4.78, 5) is 4.11. The first kappa shape index (κ1) is 9.71. The Morgan fingerprint density at radius 3 is 2.53 bits per heavy atom. The normalized spacial score (nSPS) is 10.6. The van der Waals surface area contributed by atoms with Crippen LogP contribution in [0.1, 0.15) is 11.3 Å². The predicted molar refractivity (Wildman–Crippen MR) is 60.3 cm³/mol. The van der Waals surface area contributed by atoms with Gasteiger partial charge in [0.05, 0.1) is 5.69 Å². The minimum Gasteiger partial charge on any atom is -0.384 e. The van der Waals surface area contributed by atoms with Crippen molar-refractivity contribution in [2.75, 3.05) is 5.73 Å². The van der Waals surface area contributed by atoms with Crippen LogP contribution in [0.25, 0.3) is 11.1 Å². The summed E-state index contributed by atoms with van der Waals surface area (Å²) >= 11 is 0. The van der Waals surface area contributed by atoms with Crippen LogP contribution in [0.3, 0.4) is 0 Å². The average molecular weight is 202 g/mol. The monoisotopic (exact) mass is 202 g/mol. The van der Waals surface area contributed by atoms with Gasteiger partial charge < -0.3 is 5.73 Å². The second-order valence-electron chi connectivity index (χ2n) is 3.73. The number of rotatable bonds is 1. The van der Waals surface area contributed by atoms with E-state index in [1.807, 2.05) is 33.2 Å². The Labute approximate surface area is 88.8 Å². The molecule has 0 atom stereocenters. The zero-order valence-corrected chi connectivity index (χ0v) is 9.15. The van der Waals surface area contributed by atoms with Gasteiger partial charge in [-0.25, -0.2) is 4.98 Å². The predicted octanol–water partition coefficient (Wildman–Crippen LogP) is 1.68. The number of anilines is 1. The Balaban J connectivity index is 2.59.